The number of carbonyl (C=O) groups excluding carboxylic acids is 1. The van der Waals surface area contributed by atoms with Gasteiger partial charge in [-0.1, -0.05) is 18.2 Å². The van der Waals surface area contributed by atoms with Crippen LogP contribution in [0.25, 0.3) is 0 Å². The predicted octanol–water partition coefficient (Wildman–Crippen LogP) is 2.47. The summed E-state index contributed by atoms with van der Waals surface area (Å²) in [7, 11) is -2.46. The highest BCUT2D eigenvalue weighted by molar-refractivity contribution is 7.92. The second-order valence-electron chi connectivity index (χ2n) is 5.27. The topological polar surface area (TPSA) is 113 Å². The van der Waals surface area contributed by atoms with Crippen molar-refractivity contribution in [1.29, 1.82) is 0 Å². The summed E-state index contributed by atoms with van der Waals surface area (Å²) in [4.78, 5) is 12.5. The second kappa shape index (κ2) is 7.28. The zero-order valence-electron chi connectivity index (χ0n) is 13.8. The van der Waals surface area contributed by atoms with Crippen molar-refractivity contribution in [1.82, 2.24) is 10.2 Å². The van der Waals surface area contributed by atoms with Crippen molar-refractivity contribution in [2.45, 2.75) is 5.03 Å². The third kappa shape index (κ3) is 3.83. The fourth-order valence-corrected chi connectivity index (χ4v) is 3.38. The normalized spacial score (nSPS) is 11.0. The summed E-state index contributed by atoms with van der Waals surface area (Å²) in [5, 5.41) is 8.38. The van der Waals surface area contributed by atoms with Crippen molar-refractivity contribution in [3.63, 3.8) is 0 Å². The molecule has 2 aromatic carbocycles. The van der Waals surface area contributed by atoms with Crippen LogP contribution in [0.2, 0.25) is 0 Å². The number of para-hydroxylation sites is 1. The number of H-pyrrole nitrogens is 1. The molecule has 9 heteroatoms. The SMILES string of the molecule is COc1ccc(NC(=O)c2cn[nH]c2S(=O)(=O)Nc2ccccc2)cc1. The minimum Gasteiger partial charge on any atom is -0.497 e. The molecule has 0 bridgehead atoms. The Morgan fingerprint density at radius 1 is 1.04 bits per heavy atom. The molecule has 0 fully saturated rings. The van der Waals surface area contributed by atoms with Crippen LogP contribution in [0.3, 0.4) is 0 Å². The van der Waals surface area contributed by atoms with E-state index >= 15 is 0 Å². The lowest BCUT2D eigenvalue weighted by Crippen LogP contribution is -2.19. The zero-order chi connectivity index (χ0) is 18.6. The average molecular weight is 372 g/mol. The molecule has 0 aliphatic rings. The van der Waals surface area contributed by atoms with E-state index in [4.69, 9.17) is 4.74 Å². The summed E-state index contributed by atoms with van der Waals surface area (Å²) < 4.78 is 32.5. The van der Waals surface area contributed by atoms with Gasteiger partial charge in [-0.15, -0.1) is 0 Å². The Morgan fingerprint density at radius 3 is 2.38 bits per heavy atom. The van der Waals surface area contributed by atoms with Crippen LogP contribution in [0.5, 0.6) is 5.75 Å². The lowest BCUT2D eigenvalue weighted by Gasteiger charge is -2.09. The van der Waals surface area contributed by atoms with E-state index < -0.39 is 15.9 Å². The first-order chi connectivity index (χ1) is 12.5. The number of carbonyl (C=O) groups is 1. The van der Waals surface area contributed by atoms with E-state index in [2.05, 4.69) is 20.2 Å². The highest BCUT2D eigenvalue weighted by Gasteiger charge is 2.25. The van der Waals surface area contributed by atoms with Gasteiger partial charge < -0.3 is 10.1 Å². The number of anilines is 2. The van der Waals surface area contributed by atoms with Gasteiger partial charge in [0.15, 0.2) is 5.03 Å². The maximum absolute atomic E-state index is 12.5. The highest BCUT2D eigenvalue weighted by atomic mass is 32.2. The Kier molecular flexibility index (Phi) is 4.90. The number of sulfonamides is 1. The first kappa shape index (κ1) is 17.5. The van der Waals surface area contributed by atoms with Gasteiger partial charge in [0.2, 0.25) is 0 Å². The van der Waals surface area contributed by atoms with Gasteiger partial charge in [0.1, 0.15) is 5.75 Å². The lowest BCUT2D eigenvalue weighted by molar-refractivity contribution is 0.102. The monoisotopic (exact) mass is 372 g/mol. The van der Waals surface area contributed by atoms with Gasteiger partial charge in [-0.05, 0) is 36.4 Å². The van der Waals surface area contributed by atoms with Gasteiger partial charge in [0, 0.05) is 11.4 Å². The fraction of sp³-hybridized carbons (Fsp3) is 0.0588. The summed E-state index contributed by atoms with van der Waals surface area (Å²) in [6, 6.07) is 15.0. The lowest BCUT2D eigenvalue weighted by atomic mass is 10.2. The minimum atomic E-state index is -4.00. The Bertz CT molecular complexity index is 999. The van der Waals surface area contributed by atoms with Crippen LogP contribution >= 0.6 is 0 Å². The summed E-state index contributed by atoms with van der Waals surface area (Å²) in [5.41, 5.74) is 0.782. The largest absolute Gasteiger partial charge is 0.497 e. The molecule has 1 heterocycles. The van der Waals surface area contributed by atoms with Gasteiger partial charge in [-0.25, -0.2) is 0 Å². The number of nitrogens with zero attached hydrogens (tertiary/aromatic N) is 1. The second-order valence-corrected chi connectivity index (χ2v) is 6.89. The van der Waals surface area contributed by atoms with Crippen LogP contribution in [0, 0.1) is 0 Å². The van der Waals surface area contributed by atoms with Crippen LogP contribution < -0.4 is 14.8 Å². The molecule has 0 aliphatic heterocycles. The molecule has 8 nitrogen and oxygen atoms in total. The number of amides is 1. The van der Waals surface area contributed by atoms with Gasteiger partial charge in [0.05, 0.1) is 18.9 Å². The Hall–Kier alpha value is -3.33. The van der Waals surface area contributed by atoms with Crippen LogP contribution in [-0.2, 0) is 10.0 Å². The fourth-order valence-electron chi connectivity index (χ4n) is 2.23. The third-order valence-electron chi connectivity index (χ3n) is 3.49. The maximum atomic E-state index is 12.5. The minimum absolute atomic E-state index is 0.0933. The van der Waals surface area contributed by atoms with Crippen molar-refractivity contribution in [3.05, 3.63) is 66.4 Å². The molecular formula is C17H16N4O4S. The molecule has 0 radical (unpaired) electrons. The van der Waals surface area contributed by atoms with Gasteiger partial charge in [0.25, 0.3) is 15.9 Å². The molecule has 3 N–H and O–H groups in total. The summed E-state index contributed by atoms with van der Waals surface area (Å²) >= 11 is 0. The van der Waals surface area contributed by atoms with Crippen LogP contribution in [-0.4, -0.2) is 31.6 Å². The smallest absolute Gasteiger partial charge is 0.279 e. The molecule has 0 saturated heterocycles. The molecule has 3 aromatic rings. The van der Waals surface area contributed by atoms with Gasteiger partial charge in [-0.3, -0.25) is 14.6 Å². The summed E-state index contributed by atoms with van der Waals surface area (Å²) in [6.45, 7) is 0. The van der Waals surface area contributed by atoms with Gasteiger partial charge in [-0.2, -0.15) is 13.5 Å². The van der Waals surface area contributed by atoms with E-state index in [0.29, 0.717) is 17.1 Å². The standard InChI is InChI=1S/C17H16N4O4S/c1-25-14-9-7-12(8-10-14)19-16(22)15-11-18-20-17(15)26(23,24)21-13-5-3-2-4-6-13/h2-11,21H,1H3,(H,18,20)(H,19,22). The maximum Gasteiger partial charge on any atom is 0.279 e. The number of aromatic amines is 1. The van der Waals surface area contributed by atoms with E-state index in [1.165, 1.54) is 13.3 Å². The molecule has 134 valence electrons. The molecule has 0 unspecified atom stereocenters. The molecule has 0 atom stereocenters. The van der Waals surface area contributed by atoms with E-state index in [0.717, 1.165) is 0 Å². The Labute approximate surface area is 150 Å². The highest BCUT2D eigenvalue weighted by Crippen LogP contribution is 2.20. The Balaban J connectivity index is 1.81. The van der Waals surface area contributed by atoms with Gasteiger partial charge >= 0.3 is 0 Å². The zero-order valence-corrected chi connectivity index (χ0v) is 14.6. The van der Waals surface area contributed by atoms with E-state index in [1.54, 1.807) is 54.6 Å². The number of hydrogen-bond acceptors (Lipinski definition) is 5. The molecule has 1 amide bonds. The number of methoxy groups -OCH3 is 1. The van der Waals surface area contributed by atoms with Crippen molar-refractivity contribution in [2.24, 2.45) is 0 Å². The number of rotatable bonds is 6. The van der Waals surface area contributed by atoms with Crippen molar-refractivity contribution < 1.29 is 17.9 Å². The van der Waals surface area contributed by atoms with Crippen molar-refractivity contribution in [2.75, 3.05) is 17.1 Å². The molecule has 0 spiro atoms. The number of hydrogen-bond donors (Lipinski definition) is 3. The van der Waals surface area contributed by atoms with E-state index in [1.807, 2.05) is 0 Å². The number of ether oxygens (including phenoxy) is 1. The van der Waals surface area contributed by atoms with Crippen LogP contribution in [0.1, 0.15) is 10.4 Å². The van der Waals surface area contributed by atoms with E-state index in [-0.39, 0.29) is 10.6 Å². The summed E-state index contributed by atoms with van der Waals surface area (Å²) in [6.07, 6.45) is 1.17. The predicted molar refractivity (Wildman–Crippen MR) is 96.8 cm³/mol. The quantitative estimate of drug-likeness (QED) is 0.615. The van der Waals surface area contributed by atoms with Crippen molar-refractivity contribution >= 4 is 27.3 Å². The number of aromatic nitrogens is 2. The van der Waals surface area contributed by atoms with Crippen LogP contribution in [0.15, 0.2) is 65.8 Å². The third-order valence-corrected chi connectivity index (χ3v) is 4.84. The molecule has 26 heavy (non-hydrogen) atoms. The first-order valence-electron chi connectivity index (χ1n) is 7.56. The molecule has 0 saturated carbocycles. The van der Waals surface area contributed by atoms with Crippen molar-refractivity contribution in [3.8, 4) is 5.75 Å². The van der Waals surface area contributed by atoms with Crippen LogP contribution in [0.4, 0.5) is 11.4 Å². The summed E-state index contributed by atoms with van der Waals surface area (Å²) in [5.74, 6) is 0.0407. The Morgan fingerprint density at radius 2 is 1.73 bits per heavy atom. The average Bonchev–Trinajstić information content (AvgIpc) is 3.14. The molecule has 1 aromatic heterocycles. The number of benzene rings is 2. The molecular weight excluding hydrogens is 356 g/mol. The molecule has 3 rings (SSSR count). The molecule has 0 aliphatic carbocycles. The number of nitrogens with one attached hydrogen (secondary N) is 3. The first-order valence-corrected chi connectivity index (χ1v) is 9.04. The van der Waals surface area contributed by atoms with E-state index in [9.17, 15) is 13.2 Å².